The summed E-state index contributed by atoms with van der Waals surface area (Å²) < 4.78 is 6.19. The van der Waals surface area contributed by atoms with Gasteiger partial charge in [-0.15, -0.1) is 11.3 Å². The number of carbonyl (C=O) groups excluding carboxylic acids is 1. The van der Waals surface area contributed by atoms with Gasteiger partial charge < -0.3 is 14.7 Å². The van der Waals surface area contributed by atoms with Gasteiger partial charge in [0.05, 0.1) is 17.7 Å². The minimum Gasteiger partial charge on any atom is -0.493 e. The third-order valence-corrected chi connectivity index (χ3v) is 7.87. The molecule has 1 amide bonds. The quantitative estimate of drug-likeness (QED) is 0.264. The number of rotatable bonds is 11. The van der Waals surface area contributed by atoms with E-state index >= 15 is 0 Å². The number of aromatic nitrogens is 1. The summed E-state index contributed by atoms with van der Waals surface area (Å²) >= 11 is 1.67. The highest BCUT2D eigenvalue weighted by atomic mass is 32.1. The molecule has 4 aromatic rings. The molecule has 5 nitrogen and oxygen atoms in total. The van der Waals surface area contributed by atoms with Crippen molar-refractivity contribution in [3.05, 3.63) is 113 Å². The summed E-state index contributed by atoms with van der Waals surface area (Å²) in [5, 5.41) is 13.7. The van der Waals surface area contributed by atoms with Gasteiger partial charge >= 0.3 is 0 Å². The molecule has 0 spiro atoms. The monoisotopic (exact) mass is 512 g/mol. The molecule has 0 saturated carbocycles. The fourth-order valence-electron chi connectivity index (χ4n) is 5.02. The van der Waals surface area contributed by atoms with E-state index in [1.165, 1.54) is 0 Å². The molecule has 1 fully saturated rings. The van der Waals surface area contributed by atoms with Crippen LogP contribution in [0, 0.1) is 11.8 Å². The molecule has 1 aliphatic heterocycles. The number of nitrogens with zero attached hydrogens (tertiary/aromatic N) is 2. The topological polar surface area (TPSA) is 62.7 Å². The number of para-hydroxylation sites is 1. The number of anilines is 1. The van der Waals surface area contributed by atoms with Crippen molar-refractivity contribution in [1.82, 2.24) is 4.98 Å². The average Bonchev–Trinajstić information content (AvgIpc) is 3.57. The molecule has 3 aromatic carbocycles. The highest BCUT2D eigenvalue weighted by Gasteiger charge is 2.40. The van der Waals surface area contributed by atoms with Crippen molar-refractivity contribution in [3.63, 3.8) is 0 Å². The van der Waals surface area contributed by atoms with E-state index in [-0.39, 0.29) is 17.7 Å². The van der Waals surface area contributed by atoms with E-state index in [2.05, 4.69) is 4.98 Å². The molecule has 0 aliphatic carbocycles. The lowest BCUT2D eigenvalue weighted by atomic mass is 9.91. The van der Waals surface area contributed by atoms with E-state index in [0.29, 0.717) is 19.6 Å². The number of aliphatic hydroxyl groups is 1. The van der Waals surface area contributed by atoms with Crippen LogP contribution in [0.1, 0.15) is 35.1 Å². The molecule has 1 aliphatic rings. The van der Waals surface area contributed by atoms with Crippen molar-refractivity contribution in [1.29, 1.82) is 0 Å². The van der Waals surface area contributed by atoms with Gasteiger partial charge in [-0.3, -0.25) is 4.79 Å². The normalized spacial score (nSPS) is 18.2. The van der Waals surface area contributed by atoms with Gasteiger partial charge in [0.2, 0.25) is 5.91 Å². The Balaban J connectivity index is 1.21. The van der Waals surface area contributed by atoms with Crippen molar-refractivity contribution in [2.45, 2.75) is 31.8 Å². The number of benzene rings is 3. The first-order valence-corrected chi connectivity index (χ1v) is 13.7. The molecule has 37 heavy (non-hydrogen) atoms. The molecule has 1 saturated heterocycles. The smallest absolute Gasteiger partial charge is 0.230 e. The Morgan fingerprint density at radius 1 is 1.00 bits per heavy atom. The van der Waals surface area contributed by atoms with Crippen LogP contribution in [0.2, 0.25) is 0 Å². The third kappa shape index (κ3) is 6.45. The second-order valence-corrected chi connectivity index (χ2v) is 10.5. The minimum absolute atomic E-state index is 0.0767. The van der Waals surface area contributed by atoms with Crippen LogP contribution in [-0.4, -0.2) is 29.1 Å². The lowest BCUT2D eigenvalue weighted by Crippen LogP contribution is -2.26. The molecule has 3 atom stereocenters. The maximum absolute atomic E-state index is 13.4. The Morgan fingerprint density at radius 2 is 1.73 bits per heavy atom. The summed E-state index contributed by atoms with van der Waals surface area (Å²) in [6, 6.07) is 27.5. The molecule has 1 unspecified atom stereocenters. The van der Waals surface area contributed by atoms with Crippen molar-refractivity contribution in [2.75, 3.05) is 18.1 Å². The van der Waals surface area contributed by atoms with Crippen LogP contribution in [0.15, 0.2) is 96.5 Å². The Labute approximate surface area is 222 Å². The average molecular weight is 513 g/mol. The van der Waals surface area contributed by atoms with Gasteiger partial charge in [0.25, 0.3) is 0 Å². The lowest BCUT2D eigenvalue weighted by molar-refractivity contribution is -0.121. The lowest BCUT2D eigenvalue weighted by Gasteiger charge is -2.18. The first-order valence-electron chi connectivity index (χ1n) is 12.9. The number of ether oxygens (including phenoxy) is 1. The summed E-state index contributed by atoms with van der Waals surface area (Å²) in [6.07, 6.45) is 4.49. The second-order valence-electron chi connectivity index (χ2n) is 9.55. The molecule has 2 heterocycles. The van der Waals surface area contributed by atoms with E-state index in [0.717, 1.165) is 46.8 Å². The molecule has 1 aromatic heterocycles. The standard InChI is InChI=1S/C31H32N2O3S/c34-29(20-23-8-3-1-4-9-23)24-14-16-27(17-15-24)36-22-25-21-33(26-10-5-2-6-11-26)31(35)28(25)12-7-13-30-32-18-19-37-30/h1-6,8-11,14-19,25,28-29,34H,7,12-13,20-22H2/t25-,28-,29?/m1/s1. The zero-order chi connectivity index (χ0) is 25.5. The van der Waals surface area contributed by atoms with Crippen LogP contribution in [0.25, 0.3) is 0 Å². The number of carbonyl (C=O) groups is 1. The number of thiazole rings is 1. The van der Waals surface area contributed by atoms with E-state index in [9.17, 15) is 9.90 Å². The summed E-state index contributed by atoms with van der Waals surface area (Å²) in [4.78, 5) is 19.7. The van der Waals surface area contributed by atoms with Crippen LogP contribution < -0.4 is 9.64 Å². The first-order chi connectivity index (χ1) is 18.2. The summed E-state index contributed by atoms with van der Waals surface area (Å²) in [5.74, 6) is 0.959. The maximum atomic E-state index is 13.4. The number of aliphatic hydroxyl groups excluding tert-OH is 1. The predicted molar refractivity (Wildman–Crippen MR) is 148 cm³/mol. The number of hydrogen-bond acceptors (Lipinski definition) is 5. The van der Waals surface area contributed by atoms with E-state index in [4.69, 9.17) is 4.74 Å². The molecule has 5 rings (SSSR count). The molecule has 6 heteroatoms. The van der Waals surface area contributed by atoms with Crippen molar-refractivity contribution < 1.29 is 14.6 Å². The van der Waals surface area contributed by atoms with Crippen LogP contribution in [0.4, 0.5) is 5.69 Å². The SMILES string of the molecule is O=C1[C@H](CCCc2nccs2)[C@@H](COc2ccc(C(O)Cc3ccccc3)cc2)CN1c1ccccc1. The van der Waals surface area contributed by atoms with E-state index < -0.39 is 6.10 Å². The molecular formula is C31H32N2O3S. The van der Waals surface area contributed by atoms with Gasteiger partial charge in [0.1, 0.15) is 5.75 Å². The summed E-state index contributed by atoms with van der Waals surface area (Å²) in [7, 11) is 0. The number of hydrogen-bond donors (Lipinski definition) is 1. The van der Waals surface area contributed by atoms with Gasteiger partial charge in [-0.1, -0.05) is 60.7 Å². The highest BCUT2D eigenvalue weighted by molar-refractivity contribution is 7.09. The van der Waals surface area contributed by atoms with E-state index in [1.807, 2.05) is 101 Å². The van der Waals surface area contributed by atoms with Crippen molar-refractivity contribution in [3.8, 4) is 5.75 Å². The first kappa shape index (κ1) is 25.2. The molecular weight excluding hydrogens is 480 g/mol. The van der Waals surface area contributed by atoms with Crippen molar-refractivity contribution >= 4 is 22.9 Å². The van der Waals surface area contributed by atoms with Gasteiger partial charge in [-0.05, 0) is 54.7 Å². The predicted octanol–water partition coefficient (Wildman–Crippen LogP) is 6.10. The maximum Gasteiger partial charge on any atom is 0.230 e. The fourth-order valence-corrected chi connectivity index (χ4v) is 5.68. The minimum atomic E-state index is -0.564. The molecule has 0 bridgehead atoms. The van der Waals surface area contributed by atoms with Gasteiger partial charge in [0, 0.05) is 42.1 Å². The number of amides is 1. The van der Waals surface area contributed by atoms with Crippen LogP contribution in [0.5, 0.6) is 5.75 Å². The van der Waals surface area contributed by atoms with Crippen LogP contribution in [0.3, 0.4) is 0 Å². The number of aryl methyl sites for hydroxylation is 1. The van der Waals surface area contributed by atoms with Gasteiger partial charge in [-0.25, -0.2) is 4.98 Å². The van der Waals surface area contributed by atoms with Crippen LogP contribution in [-0.2, 0) is 17.6 Å². The van der Waals surface area contributed by atoms with Crippen LogP contribution >= 0.6 is 11.3 Å². The van der Waals surface area contributed by atoms with Crippen molar-refractivity contribution in [2.24, 2.45) is 11.8 Å². The third-order valence-electron chi connectivity index (χ3n) is 7.03. The largest absolute Gasteiger partial charge is 0.493 e. The second kappa shape index (κ2) is 12.2. The Hall–Kier alpha value is -3.48. The Kier molecular flexibility index (Phi) is 8.28. The summed E-state index contributed by atoms with van der Waals surface area (Å²) in [5.41, 5.74) is 2.91. The fraction of sp³-hybridized carbons (Fsp3) is 0.290. The highest BCUT2D eigenvalue weighted by Crippen LogP contribution is 2.34. The Morgan fingerprint density at radius 3 is 2.43 bits per heavy atom. The molecule has 1 N–H and O–H groups in total. The van der Waals surface area contributed by atoms with Gasteiger partial charge in [-0.2, -0.15) is 0 Å². The molecule has 190 valence electrons. The zero-order valence-electron chi connectivity index (χ0n) is 20.8. The van der Waals surface area contributed by atoms with Gasteiger partial charge in [0.15, 0.2) is 0 Å². The molecule has 0 radical (unpaired) electrons. The van der Waals surface area contributed by atoms with E-state index in [1.54, 1.807) is 11.3 Å². The Bertz CT molecular complexity index is 1250. The summed E-state index contributed by atoms with van der Waals surface area (Å²) in [6.45, 7) is 1.13. The zero-order valence-corrected chi connectivity index (χ0v) is 21.6.